The van der Waals surface area contributed by atoms with Crippen LogP contribution in [0.15, 0.2) is 0 Å². The van der Waals surface area contributed by atoms with Gasteiger partial charge in [0.15, 0.2) is 0 Å². The Bertz CT molecular complexity index is 415. The van der Waals surface area contributed by atoms with Crippen molar-refractivity contribution >= 4 is 5.91 Å². The predicted octanol–water partition coefficient (Wildman–Crippen LogP) is 6.47. The number of unbranched alkanes of at least 4 members (excludes halogenated alkanes) is 1. The zero-order chi connectivity index (χ0) is 22.2. The van der Waals surface area contributed by atoms with Crippen molar-refractivity contribution in [1.82, 2.24) is 4.90 Å². The molecule has 0 aromatic carbocycles. The first-order chi connectivity index (χ1) is 13.8. The first-order valence-electron chi connectivity index (χ1n) is 12.1. The summed E-state index contributed by atoms with van der Waals surface area (Å²) in [5.74, 6) is 0.179. The van der Waals surface area contributed by atoms with Gasteiger partial charge in [0.1, 0.15) is 0 Å². The van der Waals surface area contributed by atoms with Crippen molar-refractivity contribution in [2.24, 2.45) is 10.8 Å². The second kappa shape index (κ2) is 16.1. The van der Waals surface area contributed by atoms with E-state index in [0.717, 1.165) is 26.0 Å². The van der Waals surface area contributed by atoms with Gasteiger partial charge in [-0.2, -0.15) is 0 Å². The largest absolute Gasteiger partial charge is 0.379 e. The van der Waals surface area contributed by atoms with E-state index in [0.29, 0.717) is 37.1 Å². The molecule has 0 bridgehead atoms. The van der Waals surface area contributed by atoms with Crippen LogP contribution in [0.1, 0.15) is 106 Å². The molecule has 174 valence electrons. The predicted molar refractivity (Wildman–Crippen MR) is 124 cm³/mol. The molecule has 0 saturated heterocycles. The third-order valence-corrected chi connectivity index (χ3v) is 6.85. The van der Waals surface area contributed by atoms with Gasteiger partial charge in [-0.25, -0.2) is 0 Å². The highest BCUT2D eigenvalue weighted by Crippen LogP contribution is 2.32. The molecule has 0 aliphatic heterocycles. The van der Waals surface area contributed by atoms with E-state index < -0.39 is 0 Å². The molecule has 4 heteroatoms. The summed E-state index contributed by atoms with van der Waals surface area (Å²) in [6.07, 6.45) is 11.3. The molecule has 0 aromatic rings. The van der Waals surface area contributed by atoms with Crippen molar-refractivity contribution in [2.75, 3.05) is 40.0 Å². The third-order valence-electron chi connectivity index (χ3n) is 6.85. The van der Waals surface area contributed by atoms with Gasteiger partial charge in [-0.15, -0.1) is 0 Å². The Labute approximate surface area is 182 Å². The SMILES string of the molecule is CCCCC(C)(CC)CCN(C)C(=O)CCOCCOCCC(C)(CC)CCC. The molecule has 0 rings (SSSR count). The molecule has 0 heterocycles. The van der Waals surface area contributed by atoms with Crippen molar-refractivity contribution in [3.05, 3.63) is 0 Å². The van der Waals surface area contributed by atoms with Crippen LogP contribution in [0.2, 0.25) is 0 Å². The van der Waals surface area contributed by atoms with E-state index in [1.807, 2.05) is 11.9 Å². The number of rotatable bonds is 19. The second-order valence-corrected chi connectivity index (χ2v) is 9.47. The summed E-state index contributed by atoms with van der Waals surface area (Å²) < 4.78 is 11.3. The minimum atomic E-state index is 0.179. The van der Waals surface area contributed by atoms with Gasteiger partial charge >= 0.3 is 0 Å². The quantitative estimate of drug-likeness (QED) is 0.228. The van der Waals surface area contributed by atoms with Gasteiger partial charge in [-0.05, 0) is 36.5 Å². The summed E-state index contributed by atoms with van der Waals surface area (Å²) in [6, 6.07) is 0. The summed E-state index contributed by atoms with van der Waals surface area (Å²) in [4.78, 5) is 14.2. The highest BCUT2D eigenvalue weighted by molar-refractivity contribution is 5.75. The maximum atomic E-state index is 12.3. The lowest BCUT2D eigenvalue weighted by Gasteiger charge is -2.30. The molecule has 0 radical (unpaired) electrons. The van der Waals surface area contributed by atoms with E-state index in [9.17, 15) is 4.79 Å². The van der Waals surface area contributed by atoms with Gasteiger partial charge in [0.25, 0.3) is 0 Å². The number of nitrogens with zero attached hydrogens (tertiary/aromatic N) is 1. The highest BCUT2D eigenvalue weighted by Gasteiger charge is 2.23. The van der Waals surface area contributed by atoms with Crippen molar-refractivity contribution in [2.45, 2.75) is 106 Å². The van der Waals surface area contributed by atoms with Gasteiger partial charge in [-0.3, -0.25) is 4.79 Å². The van der Waals surface area contributed by atoms with Gasteiger partial charge in [0.2, 0.25) is 5.91 Å². The van der Waals surface area contributed by atoms with E-state index in [2.05, 4.69) is 41.5 Å². The fourth-order valence-corrected chi connectivity index (χ4v) is 3.72. The van der Waals surface area contributed by atoms with Crippen LogP contribution in [0, 0.1) is 10.8 Å². The Morgan fingerprint density at radius 2 is 1.34 bits per heavy atom. The fourth-order valence-electron chi connectivity index (χ4n) is 3.72. The van der Waals surface area contributed by atoms with Gasteiger partial charge in [-0.1, -0.05) is 73.6 Å². The zero-order valence-corrected chi connectivity index (χ0v) is 20.8. The van der Waals surface area contributed by atoms with E-state index >= 15 is 0 Å². The molecule has 29 heavy (non-hydrogen) atoms. The molecule has 1 amide bonds. The summed E-state index contributed by atoms with van der Waals surface area (Å²) in [6.45, 7) is 17.0. The first-order valence-corrected chi connectivity index (χ1v) is 12.1. The Kier molecular flexibility index (Phi) is 15.8. The number of carbonyl (C=O) groups is 1. The maximum Gasteiger partial charge on any atom is 0.224 e. The van der Waals surface area contributed by atoms with Crippen LogP contribution in [0.5, 0.6) is 0 Å². The molecule has 0 N–H and O–H groups in total. The average Bonchev–Trinajstić information content (AvgIpc) is 2.72. The highest BCUT2D eigenvalue weighted by atomic mass is 16.5. The third kappa shape index (κ3) is 13.3. The van der Waals surface area contributed by atoms with E-state index in [-0.39, 0.29) is 5.91 Å². The number of carbonyl (C=O) groups excluding carboxylic acids is 1. The Hall–Kier alpha value is -0.610. The molecule has 2 atom stereocenters. The van der Waals surface area contributed by atoms with Crippen LogP contribution in [0.25, 0.3) is 0 Å². The van der Waals surface area contributed by atoms with Crippen LogP contribution < -0.4 is 0 Å². The summed E-state index contributed by atoms with van der Waals surface area (Å²) in [5.41, 5.74) is 0.750. The monoisotopic (exact) mass is 413 g/mol. The normalized spacial score (nSPS) is 15.7. The molecule has 0 aliphatic rings. The topological polar surface area (TPSA) is 38.8 Å². The maximum absolute atomic E-state index is 12.3. The lowest BCUT2D eigenvalue weighted by Crippen LogP contribution is -2.32. The molecule has 4 nitrogen and oxygen atoms in total. The molecule has 0 aromatic heterocycles. The average molecular weight is 414 g/mol. The van der Waals surface area contributed by atoms with Crippen molar-refractivity contribution in [3.63, 3.8) is 0 Å². The first kappa shape index (κ1) is 28.4. The van der Waals surface area contributed by atoms with Crippen molar-refractivity contribution in [3.8, 4) is 0 Å². The van der Waals surface area contributed by atoms with Crippen molar-refractivity contribution in [1.29, 1.82) is 0 Å². The zero-order valence-electron chi connectivity index (χ0n) is 20.8. The van der Waals surface area contributed by atoms with Crippen molar-refractivity contribution < 1.29 is 14.3 Å². The second-order valence-electron chi connectivity index (χ2n) is 9.47. The van der Waals surface area contributed by atoms with Gasteiger partial charge in [0, 0.05) is 20.2 Å². The van der Waals surface area contributed by atoms with Crippen LogP contribution in [0.3, 0.4) is 0 Å². The number of hydrogen-bond acceptors (Lipinski definition) is 3. The van der Waals surface area contributed by atoms with E-state index in [1.54, 1.807) is 0 Å². The van der Waals surface area contributed by atoms with Crippen LogP contribution in [0.4, 0.5) is 0 Å². The van der Waals surface area contributed by atoms with Crippen LogP contribution >= 0.6 is 0 Å². The van der Waals surface area contributed by atoms with Gasteiger partial charge in [0.05, 0.1) is 26.2 Å². The molecule has 0 spiro atoms. The molecular formula is C25H51NO3. The summed E-state index contributed by atoms with van der Waals surface area (Å²) >= 11 is 0. The smallest absolute Gasteiger partial charge is 0.224 e. The molecule has 0 saturated carbocycles. The minimum absolute atomic E-state index is 0.179. The Morgan fingerprint density at radius 3 is 1.90 bits per heavy atom. The van der Waals surface area contributed by atoms with Gasteiger partial charge < -0.3 is 14.4 Å². The fraction of sp³-hybridized carbons (Fsp3) is 0.960. The van der Waals surface area contributed by atoms with Crippen LogP contribution in [-0.2, 0) is 14.3 Å². The number of ether oxygens (including phenoxy) is 2. The summed E-state index contributed by atoms with van der Waals surface area (Å²) in [5, 5.41) is 0. The number of amides is 1. The van der Waals surface area contributed by atoms with E-state index in [1.165, 1.54) is 44.9 Å². The standard InChI is InChI=1S/C25H51NO3/c1-8-12-15-25(6,11-4)16-18-26(7)23(27)13-19-28-21-22-29-20-17-24(5,10-3)14-9-2/h8-22H2,1-7H3. The minimum Gasteiger partial charge on any atom is -0.379 e. The molecule has 0 fully saturated rings. The molecule has 0 aliphatic carbocycles. The van der Waals surface area contributed by atoms with E-state index in [4.69, 9.17) is 9.47 Å². The number of hydrogen-bond donors (Lipinski definition) is 0. The molecule has 2 unspecified atom stereocenters. The lowest BCUT2D eigenvalue weighted by atomic mass is 9.79. The Balaban J connectivity index is 3.85. The Morgan fingerprint density at radius 1 is 0.759 bits per heavy atom. The summed E-state index contributed by atoms with van der Waals surface area (Å²) in [7, 11) is 1.92. The molecular weight excluding hydrogens is 362 g/mol. The van der Waals surface area contributed by atoms with Crippen LogP contribution in [-0.4, -0.2) is 50.8 Å². The lowest BCUT2D eigenvalue weighted by molar-refractivity contribution is -0.131.